The monoisotopic (exact) mass is 704 g/mol. The topological polar surface area (TPSA) is 21.7 Å². The molecule has 2 unspecified atom stereocenters. The van der Waals surface area contributed by atoms with E-state index in [1.54, 1.807) is 0 Å². The molecule has 51 heavy (non-hydrogen) atoms. The summed E-state index contributed by atoms with van der Waals surface area (Å²) < 4.78 is 14.0. The van der Waals surface area contributed by atoms with Crippen LogP contribution in [0.3, 0.4) is 0 Å². The van der Waals surface area contributed by atoms with Crippen LogP contribution in [0.5, 0.6) is 0 Å². The molecule has 0 aliphatic carbocycles. The molecule has 4 atom stereocenters. The minimum atomic E-state index is -0.389. The number of rotatable bonds is 32. The predicted octanol–water partition coefficient (Wildman–Crippen LogP) is 14.8. The molecule has 0 amide bonds. The molecule has 2 heterocycles. The van der Waals surface area contributed by atoms with E-state index in [2.05, 4.69) is 92.6 Å². The van der Waals surface area contributed by atoms with E-state index >= 15 is 0 Å². The molecular formula is C48H81NO2. The zero-order valence-electron chi connectivity index (χ0n) is 33.9. The minimum Gasteiger partial charge on any atom is -0.343 e. The quantitative estimate of drug-likeness (QED) is 0.0551. The van der Waals surface area contributed by atoms with E-state index in [0.29, 0.717) is 0 Å². The van der Waals surface area contributed by atoms with Gasteiger partial charge in [0, 0.05) is 19.4 Å². The van der Waals surface area contributed by atoms with Gasteiger partial charge < -0.3 is 9.47 Å². The molecule has 2 aliphatic heterocycles. The molecule has 0 radical (unpaired) electrons. The van der Waals surface area contributed by atoms with Crippen molar-refractivity contribution in [3.63, 3.8) is 0 Å². The highest BCUT2D eigenvalue weighted by molar-refractivity contribution is 5.23. The second-order valence-electron chi connectivity index (χ2n) is 16.0. The largest absolute Gasteiger partial charge is 0.343 e. The second kappa shape index (κ2) is 28.8. The predicted molar refractivity (Wildman–Crippen MR) is 222 cm³/mol. The molecule has 0 saturated carbocycles. The highest BCUT2D eigenvalue weighted by Gasteiger charge is 2.54. The fraction of sp³-hybridized carbons (Fsp3) is 0.750. The van der Waals surface area contributed by atoms with Gasteiger partial charge in [-0.25, -0.2) is 0 Å². The van der Waals surface area contributed by atoms with Gasteiger partial charge in [0.15, 0.2) is 5.79 Å². The van der Waals surface area contributed by atoms with Gasteiger partial charge in [-0.1, -0.05) is 177 Å². The smallest absolute Gasteiger partial charge is 0.169 e. The zero-order chi connectivity index (χ0) is 36.1. The van der Waals surface area contributed by atoms with Gasteiger partial charge in [-0.05, 0) is 83.2 Å². The number of likely N-dealkylation sites (N-methyl/N-ethyl adjacent to an activating group) is 1. The number of ether oxygens (including phenoxy) is 2. The fourth-order valence-electron chi connectivity index (χ4n) is 8.23. The average Bonchev–Trinajstić information content (AvgIpc) is 3.63. The van der Waals surface area contributed by atoms with Gasteiger partial charge in [0.1, 0.15) is 12.2 Å². The first kappa shape index (κ1) is 43.7. The Kier molecular flexibility index (Phi) is 24.7. The Morgan fingerprint density at radius 1 is 0.549 bits per heavy atom. The molecule has 2 fully saturated rings. The van der Waals surface area contributed by atoms with Crippen LogP contribution in [0.4, 0.5) is 0 Å². The molecule has 0 bridgehead atoms. The molecule has 290 valence electrons. The third kappa shape index (κ3) is 18.8. The fourth-order valence-corrected chi connectivity index (χ4v) is 8.23. The summed E-state index contributed by atoms with van der Waals surface area (Å²) >= 11 is 0. The number of hydrogen-bond acceptors (Lipinski definition) is 3. The first-order valence-corrected chi connectivity index (χ1v) is 22.2. The molecule has 0 aromatic heterocycles. The summed E-state index contributed by atoms with van der Waals surface area (Å²) in [6.07, 6.45) is 50.9. The zero-order valence-corrected chi connectivity index (χ0v) is 33.9. The van der Waals surface area contributed by atoms with E-state index in [4.69, 9.17) is 9.47 Å². The lowest BCUT2D eigenvalue weighted by Crippen LogP contribution is -2.35. The van der Waals surface area contributed by atoms with Crippen LogP contribution in [-0.4, -0.2) is 36.5 Å². The second-order valence-corrected chi connectivity index (χ2v) is 16.0. The van der Waals surface area contributed by atoms with Crippen LogP contribution in [-0.2, 0) is 9.47 Å². The van der Waals surface area contributed by atoms with E-state index in [1.807, 2.05) is 0 Å². The lowest BCUT2D eigenvalue weighted by Gasteiger charge is -2.32. The SMILES string of the molecule is CCCCC/C=C\C/C=C\CCCCCCCCC1(CCCCCCCC/C=C\CCCCCCCC)O[C@H]2CN(C)C(c3ccccc3)[C@@H]2O1. The van der Waals surface area contributed by atoms with Gasteiger partial charge in [-0.15, -0.1) is 0 Å². The van der Waals surface area contributed by atoms with Crippen LogP contribution in [0.2, 0.25) is 0 Å². The maximum absolute atomic E-state index is 7.08. The number of fused-ring (bicyclic) bond motifs is 1. The summed E-state index contributed by atoms with van der Waals surface area (Å²) in [5.74, 6) is -0.389. The summed E-state index contributed by atoms with van der Waals surface area (Å²) in [5.41, 5.74) is 1.36. The molecule has 2 aliphatic rings. The summed E-state index contributed by atoms with van der Waals surface area (Å²) in [5, 5.41) is 0. The third-order valence-corrected chi connectivity index (χ3v) is 11.3. The van der Waals surface area contributed by atoms with Gasteiger partial charge in [0.2, 0.25) is 0 Å². The number of nitrogens with zero attached hydrogens (tertiary/aromatic N) is 1. The first-order valence-electron chi connectivity index (χ1n) is 22.2. The molecule has 0 spiro atoms. The van der Waals surface area contributed by atoms with Gasteiger partial charge >= 0.3 is 0 Å². The van der Waals surface area contributed by atoms with Gasteiger partial charge in [0.05, 0.1) is 6.04 Å². The van der Waals surface area contributed by atoms with Crippen LogP contribution >= 0.6 is 0 Å². The molecule has 3 nitrogen and oxygen atoms in total. The van der Waals surface area contributed by atoms with Gasteiger partial charge in [-0.3, -0.25) is 4.90 Å². The average molecular weight is 704 g/mol. The number of hydrogen-bond donors (Lipinski definition) is 0. The van der Waals surface area contributed by atoms with Crippen molar-refractivity contribution in [1.82, 2.24) is 4.90 Å². The molecule has 2 saturated heterocycles. The molecular weight excluding hydrogens is 623 g/mol. The Labute approximate surface area is 317 Å². The molecule has 0 N–H and O–H groups in total. The van der Waals surface area contributed by atoms with Crippen molar-refractivity contribution in [2.75, 3.05) is 13.6 Å². The van der Waals surface area contributed by atoms with E-state index in [-0.39, 0.29) is 24.0 Å². The van der Waals surface area contributed by atoms with E-state index in [9.17, 15) is 0 Å². The summed E-state index contributed by atoms with van der Waals surface area (Å²) in [6.45, 7) is 5.53. The van der Waals surface area contributed by atoms with Gasteiger partial charge in [0.25, 0.3) is 0 Å². The highest BCUT2D eigenvalue weighted by Crippen LogP contribution is 2.47. The summed E-state index contributed by atoms with van der Waals surface area (Å²) in [4.78, 5) is 2.44. The van der Waals surface area contributed by atoms with E-state index < -0.39 is 0 Å². The first-order chi connectivity index (χ1) is 25.2. The summed E-state index contributed by atoms with van der Waals surface area (Å²) in [7, 11) is 2.23. The van der Waals surface area contributed by atoms with Crippen molar-refractivity contribution >= 4 is 0 Å². The Balaban J connectivity index is 1.31. The Hall–Kier alpha value is -1.68. The highest BCUT2D eigenvalue weighted by atomic mass is 16.8. The lowest BCUT2D eigenvalue weighted by molar-refractivity contribution is -0.198. The van der Waals surface area contributed by atoms with Crippen LogP contribution in [0, 0.1) is 0 Å². The van der Waals surface area contributed by atoms with Crippen molar-refractivity contribution in [3.8, 4) is 0 Å². The maximum atomic E-state index is 7.08. The Morgan fingerprint density at radius 2 is 0.980 bits per heavy atom. The van der Waals surface area contributed by atoms with Crippen LogP contribution < -0.4 is 0 Å². The van der Waals surface area contributed by atoms with Crippen LogP contribution in [0.15, 0.2) is 66.8 Å². The molecule has 3 heteroatoms. The maximum Gasteiger partial charge on any atom is 0.169 e. The number of unbranched alkanes of at least 4 members (excludes halogenated alkanes) is 21. The molecule has 1 aromatic carbocycles. The molecule has 1 aromatic rings. The van der Waals surface area contributed by atoms with Gasteiger partial charge in [-0.2, -0.15) is 0 Å². The lowest BCUT2D eigenvalue weighted by atomic mass is 9.98. The third-order valence-electron chi connectivity index (χ3n) is 11.3. The van der Waals surface area contributed by atoms with E-state index in [1.165, 1.54) is 166 Å². The number of benzene rings is 1. The normalized spacial score (nSPS) is 22.4. The van der Waals surface area contributed by atoms with Crippen molar-refractivity contribution in [2.24, 2.45) is 0 Å². The van der Waals surface area contributed by atoms with Crippen LogP contribution in [0.1, 0.15) is 205 Å². The molecule has 3 rings (SSSR count). The number of allylic oxidation sites excluding steroid dienone is 6. The van der Waals surface area contributed by atoms with E-state index in [0.717, 1.165) is 25.8 Å². The van der Waals surface area contributed by atoms with Crippen molar-refractivity contribution in [1.29, 1.82) is 0 Å². The van der Waals surface area contributed by atoms with Crippen molar-refractivity contribution < 1.29 is 9.47 Å². The Bertz CT molecular complexity index is 1030. The standard InChI is InChI=1S/C48H81NO2/c1-4-6-8-10-12-14-16-18-20-22-24-26-28-30-32-37-41-48(50-45-43-49(3)46(47(45)51-48)44-39-35-34-36-40-44)42-38-33-31-29-27-25-23-21-19-17-15-13-11-9-7-5-2/h12,14,18-21,34-36,39-40,45-47H,4-11,13,15-17,22-33,37-38,41-43H2,1-3H3/b14-12-,20-18-,21-19-/t45-,46?,47+,48?/m0/s1. The van der Waals surface area contributed by atoms with Crippen molar-refractivity contribution in [2.45, 2.75) is 218 Å². The minimum absolute atomic E-state index is 0.135. The summed E-state index contributed by atoms with van der Waals surface area (Å²) in [6, 6.07) is 11.3. The Morgan fingerprint density at radius 3 is 1.51 bits per heavy atom. The van der Waals surface area contributed by atoms with Crippen LogP contribution in [0.25, 0.3) is 0 Å². The number of likely N-dealkylation sites (tertiary alicyclic amines) is 1. The van der Waals surface area contributed by atoms with Crippen molar-refractivity contribution in [3.05, 3.63) is 72.4 Å².